The fraction of sp³-hybridized carbons (Fsp3) is 0.400. The van der Waals surface area contributed by atoms with E-state index in [9.17, 15) is 0 Å². The third-order valence-electron chi connectivity index (χ3n) is 3.14. The lowest BCUT2D eigenvalue weighted by Crippen LogP contribution is -2.15. The second kappa shape index (κ2) is 5.36. The van der Waals surface area contributed by atoms with Gasteiger partial charge in [-0.05, 0) is 24.8 Å². The lowest BCUT2D eigenvalue weighted by Gasteiger charge is -2.08. The fourth-order valence-electron chi connectivity index (χ4n) is 2.20. The molecule has 0 saturated heterocycles. The van der Waals surface area contributed by atoms with E-state index >= 15 is 0 Å². The van der Waals surface area contributed by atoms with Crippen LogP contribution in [0.25, 0.3) is 0 Å². The number of aryl methyl sites for hydroxylation is 1. The number of hydrogen-bond donors (Lipinski definition) is 2. The first-order valence-electron chi connectivity index (χ1n) is 6.44. The van der Waals surface area contributed by atoms with Gasteiger partial charge in [-0.3, -0.25) is 0 Å². The number of rotatable bonds is 4. The Kier molecular flexibility index (Phi) is 3.82. The molecule has 2 aromatic rings. The monoisotopic (exact) mass is 243 g/mol. The maximum absolute atomic E-state index is 6.22. The maximum Gasteiger partial charge on any atom is 0.123 e. The summed E-state index contributed by atoms with van der Waals surface area (Å²) in [5.74, 6) is 1.32. The van der Waals surface area contributed by atoms with Gasteiger partial charge in [0.2, 0.25) is 0 Å². The number of hydrogen-bond acceptors (Lipinski definition) is 2. The molecule has 1 heterocycles. The van der Waals surface area contributed by atoms with Crippen LogP contribution in [0.4, 0.5) is 0 Å². The highest BCUT2D eigenvalue weighted by Crippen LogP contribution is 2.20. The van der Waals surface area contributed by atoms with Crippen molar-refractivity contribution >= 4 is 0 Å². The standard InChI is InChI=1S/C15H21N3/c1-10(2)14-11(3)17-15(18-14)13(16)9-12-7-5-4-6-8-12/h4-8,10,13H,9,16H2,1-3H3,(H,17,18). The molecule has 0 saturated carbocycles. The van der Waals surface area contributed by atoms with Crippen molar-refractivity contribution in [2.45, 2.75) is 39.2 Å². The number of nitrogens with zero attached hydrogens (tertiary/aromatic N) is 1. The Morgan fingerprint density at radius 2 is 1.89 bits per heavy atom. The highest BCUT2D eigenvalue weighted by atomic mass is 15.0. The molecule has 0 fully saturated rings. The van der Waals surface area contributed by atoms with E-state index in [2.05, 4.69) is 42.9 Å². The first-order chi connectivity index (χ1) is 8.58. The van der Waals surface area contributed by atoms with Gasteiger partial charge in [0.1, 0.15) is 5.82 Å². The summed E-state index contributed by atoms with van der Waals surface area (Å²) in [6.07, 6.45) is 0.811. The average molecular weight is 243 g/mol. The molecule has 3 heteroatoms. The van der Waals surface area contributed by atoms with Gasteiger partial charge in [-0.25, -0.2) is 4.98 Å². The Labute approximate surface area is 108 Å². The van der Waals surface area contributed by atoms with Gasteiger partial charge in [0, 0.05) is 5.69 Å². The number of aromatic amines is 1. The first kappa shape index (κ1) is 12.8. The van der Waals surface area contributed by atoms with E-state index in [-0.39, 0.29) is 6.04 Å². The minimum absolute atomic E-state index is 0.0707. The van der Waals surface area contributed by atoms with Crippen LogP contribution in [0, 0.1) is 6.92 Å². The summed E-state index contributed by atoms with van der Waals surface area (Å²) < 4.78 is 0. The van der Waals surface area contributed by atoms with Crippen molar-refractivity contribution in [3.05, 3.63) is 53.1 Å². The van der Waals surface area contributed by atoms with Crippen molar-refractivity contribution in [1.29, 1.82) is 0 Å². The minimum atomic E-state index is -0.0707. The molecule has 0 aliphatic carbocycles. The van der Waals surface area contributed by atoms with Crippen LogP contribution in [0.5, 0.6) is 0 Å². The molecule has 1 aromatic heterocycles. The molecular formula is C15H21N3. The Bertz CT molecular complexity index is 500. The molecule has 1 aromatic carbocycles. The Morgan fingerprint density at radius 1 is 1.22 bits per heavy atom. The van der Waals surface area contributed by atoms with Crippen LogP contribution < -0.4 is 5.73 Å². The number of nitrogens with two attached hydrogens (primary N) is 1. The summed E-state index contributed by atoms with van der Waals surface area (Å²) in [5, 5.41) is 0. The Balaban J connectivity index is 2.14. The molecule has 18 heavy (non-hydrogen) atoms. The molecule has 96 valence electrons. The highest BCUT2D eigenvalue weighted by molar-refractivity contribution is 5.21. The number of aromatic nitrogens is 2. The second-order valence-electron chi connectivity index (χ2n) is 5.08. The van der Waals surface area contributed by atoms with E-state index in [4.69, 9.17) is 5.73 Å². The molecule has 1 atom stereocenters. The van der Waals surface area contributed by atoms with Crippen LogP contribution in [0.1, 0.15) is 48.6 Å². The molecule has 0 radical (unpaired) electrons. The molecule has 0 spiro atoms. The fourth-order valence-corrected chi connectivity index (χ4v) is 2.20. The Hall–Kier alpha value is -1.61. The van der Waals surface area contributed by atoms with Gasteiger partial charge >= 0.3 is 0 Å². The van der Waals surface area contributed by atoms with Crippen molar-refractivity contribution in [2.24, 2.45) is 5.73 Å². The summed E-state index contributed by atoms with van der Waals surface area (Å²) in [6.45, 7) is 6.35. The van der Waals surface area contributed by atoms with Gasteiger partial charge in [0.05, 0.1) is 11.7 Å². The van der Waals surface area contributed by atoms with Gasteiger partial charge in [-0.1, -0.05) is 44.2 Å². The third kappa shape index (κ3) is 2.79. The average Bonchev–Trinajstić information content (AvgIpc) is 2.73. The number of imidazole rings is 1. The predicted molar refractivity (Wildman–Crippen MR) is 74.5 cm³/mol. The summed E-state index contributed by atoms with van der Waals surface area (Å²) in [6, 6.07) is 10.2. The van der Waals surface area contributed by atoms with Crippen molar-refractivity contribution in [3.8, 4) is 0 Å². The first-order valence-corrected chi connectivity index (χ1v) is 6.44. The molecule has 3 nitrogen and oxygen atoms in total. The second-order valence-corrected chi connectivity index (χ2v) is 5.08. The van der Waals surface area contributed by atoms with E-state index < -0.39 is 0 Å². The van der Waals surface area contributed by atoms with Crippen molar-refractivity contribution < 1.29 is 0 Å². The molecular weight excluding hydrogens is 222 g/mol. The van der Waals surface area contributed by atoms with Gasteiger partial charge in [0.25, 0.3) is 0 Å². The summed E-state index contributed by atoms with van der Waals surface area (Å²) in [7, 11) is 0. The topological polar surface area (TPSA) is 54.7 Å². The third-order valence-corrected chi connectivity index (χ3v) is 3.14. The van der Waals surface area contributed by atoms with Crippen LogP contribution in [-0.4, -0.2) is 9.97 Å². The zero-order valence-electron chi connectivity index (χ0n) is 11.3. The Morgan fingerprint density at radius 3 is 2.44 bits per heavy atom. The highest BCUT2D eigenvalue weighted by Gasteiger charge is 2.15. The van der Waals surface area contributed by atoms with E-state index in [1.165, 1.54) is 5.56 Å². The van der Waals surface area contributed by atoms with Crippen LogP contribution in [0.15, 0.2) is 30.3 Å². The summed E-state index contributed by atoms with van der Waals surface area (Å²) in [4.78, 5) is 7.93. The number of H-pyrrole nitrogens is 1. The summed E-state index contributed by atoms with van der Waals surface area (Å²) in [5.41, 5.74) is 9.70. The van der Waals surface area contributed by atoms with Crippen molar-refractivity contribution in [1.82, 2.24) is 9.97 Å². The lowest BCUT2D eigenvalue weighted by molar-refractivity contribution is 0.672. The van der Waals surface area contributed by atoms with Gasteiger partial charge in [-0.15, -0.1) is 0 Å². The van der Waals surface area contributed by atoms with Crippen molar-refractivity contribution in [3.63, 3.8) is 0 Å². The van der Waals surface area contributed by atoms with Gasteiger partial charge < -0.3 is 10.7 Å². The molecule has 1 unspecified atom stereocenters. The molecule has 2 rings (SSSR count). The number of nitrogens with one attached hydrogen (secondary N) is 1. The van der Waals surface area contributed by atoms with Crippen LogP contribution in [-0.2, 0) is 6.42 Å². The lowest BCUT2D eigenvalue weighted by atomic mass is 10.1. The molecule has 3 N–H and O–H groups in total. The predicted octanol–water partition coefficient (Wildman–Crippen LogP) is 3.08. The molecule has 0 amide bonds. The van der Waals surface area contributed by atoms with Gasteiger partial charge in [0.15, 0.2) is 0 Å². The quantitative estimate of drug-likeness (QED) is 0.867. The van der Waals surface area contributed by atoms with E-state index in [0.717, 1.165) is 23.6 Å². The largest absolute Gasteiger partial charge is 0.345 e. The number of benzene rings is 1. The molecule has 0 aliphatic heterocycles. The zero-order valence-corrected chi connectivity index (χ0v) is 11.3. The maximum atomic E-state index is 6.22. The van der Waals surface area contributed by atoms with Gasteiger partial charge in [-0.2, -0.15) is 0 Å². The zero-order chi connectivity index (χ0) is 13.1. The summed E-state index contributed by atoms with van der Waals surface area (Å²) >= 11 is 0. The van der Waals surface area contributed by atoms with Crippen LogP contribution in [0.2, 0.25) is 0 Å². The molecule has 0 aliphatic rings. The van der Waals surface area contributed by atoms with E-state index in [1.54, 1.807) is 0 Å². The van der Waals surface area contributed by atoms with Crippen LogP contribution in [0.3, 0.4) is 0 Å². The van der Waals surface area contributed by atoms with Crippen molar-refractivity contribution in [2.75, 3.05) is 0 Å². The smallest absolute Gasteiger partial charge is 0.123 e. The minimum Gasteiger partial charge on any atom is -0.345 e. The van der Waals surface area contributed by atoms with E-state index in [1.807, 2.05) is 18.2 Å². The van der Waals surface area contributed by atoms with Crippen LogP contribution >= 0.6 is 0 Å². The van der Waals surface area contributed by atoms with E-state index in [0.29, 0.717) is 5.92 Å². The molecule has 0 bridgehead atoms. The SMILES string of the molecule is Cc1[nH]c(C(N)Cc2ccccc2)nc1C(C)C. The normalized spacial score (nSPS) is 12.9.